The highest BCUT2D eigenvalue weighted by molar-refractivity contribution is 5.99. The number of hydrogen-bond acceptors (Lipinski definition) is 5. The van der Waals surface area contributed by atoms with E-state index >= 15 is 0 Å². The molecule has 2 aromatic rings. The minimum Gasteiger partial charge on any atom is -0.444 e. The summed E-state index contributed by atoms with van der Waals surface area (Å²) in [7, 11) is 0. The number of alkyl carbamates (subject to hydrolysis) is 1. The first-order chi connectivity index (χ1) is 16.1. The van der Waals surface area contributed by atoms with E-state index in [0.717, 1.165) is 41.7 Å². The summed E-state index contributed by atoms with van der Waals surface area (Å²) < 4.78 is 10.6. The molecule has 0 aliphatic rings. The first kappa shape index (κ1) is 25.9. The molecule has 7 heteroatoms. The fourth-order valence-corrected chi connectivity index (χ4v) is 3.24. The third kappa shape index (κ3) is 10.7. The highest BCUT2D eigenvalue weighted by atomic mass is 16.6. The predicted molar refractivity (Wildman–Crippen MR) is 129 cm³/mol. The molecule has 0 aliphatic heterocycles. The van der Waals surface area contributed by atoms with Crippen LogP contribution in [0.3, 0.4) is 0 Å². The van der Waals surface area contributed by atoms with Gasteiger partial charge in [-0.1, -0.05) is 106 Å². The smallest absolute Gasteiger partial charge is 0.416 e. The third-order valence-corrected chi connectivity index (χ3v) is 5.11. The number of hydrogen-bond donors (Lipinski definition) is 2. The molecule has 2 rings (SSSR count). The van der Waals surface area contributed by atoms with Crippen LogP contribution in [0, 0.1) is 5.41 Å². The number of carbonyl (C=O) groups excluding carboxylic acids is 2. The molecule has 7 nitrogen and oxygen atoms in total. The van der Waals surface area contributed by atoms with E-state index in [0.29, 0.717) is 6.54 Å². The normalized spacial score (nSPS) is 10.3. The molecule has 0 aliphatic carbocycles. The molecule has 0 unspecified atom stereocenters. The number of carbonyl (C=O) groups is 2. The Morgan fingerprint density at radius 2 is 1.30 bits per heavy atom. The fourth-order valence-electron chi connectivity index (χ4n) is 3.24. The summed E-state index contributed by atoms with van der Waals surface area (Å²) in [5.41, 5.74) is 1.69. The lowest BCUT2D eigenvalue weighted by Gasteiger charge is -2.22. The Balaban J connectivity index is 1.86. The second kappa shape index (κ2) is 15.5. The van der Waals surface area contributed by atoms with E-state index < -0.39 is 12.2 Å². The zero-order valence-corrected chi connectivity index (χ0v) is 19.4. The lowest BCUT2D eigenvalue weighted by atomic mass is 10.1. The van der Waals surface area contributed by atoms with Gasteiger partial charge in [0.2, 0.25) is 5.96 Å². The molecule has 0 atom stereocenters. The number of guanidine groups is 1. The second-order valence-corrected chi connectivity index (χ2v) is 7.85. The molecule has 178 valence electrons. The molecular weight excluding hydrogens is 418 g/mol. The van der Waals surface area contributed by atoms with Crippen molar-refractivity contribution in [1.29, 1.82) is 5.41 Å². The van der Waals surface area contributed by atoms with Crippen LogP contribution < -0.4 is 5.32 Å². The SMILES string of the molecule is CCCCCCCCCN(C(=N)NC(=O)OCc1ccccc1)C(=O)OCc1ccccc1. The predicted octanol–water partition coefficient (Wildman–Crippen LogP) is 6.24. The van der Waals surface area contributed by atoms with Crippen LogP contribution in [0.25, 0.3) is 0 Å². The van der Waals surface area contributed by atoms with Gasteiger partial charge in [-0.05, 0) is 17.5 Å². The summed E-state index contributed by atoms with van der Waals surface area (Å²) >= 11 is 0. The van der Waals surface area contributed by atoms with Gasteiger partial charge in [-0.2, -0.15) is 0 Å². The van der Waals surface area contributed by atoms with E-state index in [2.05, 4.69) is 12.2 Å². The zero-order chi connectivity index (χ0) is 23.7. The summed E-state index contributed by atoms with van der Waals surface area (Å²) in [6, 6.07) is 18.6. The molecule has 0 radical (unpaired) electrons. The summed E-state index contributed by atoms with van der Waals surface area (Å²) in [5.74, 6) is -0.350. The van der Waals surface area contributed by atoms with Gasteiger partial charge in [-0.15, -0.1) is 0 Å². The average molecular weight is 454 g/mol. The highest BCUT2D eigenvalue weighted by Gasteiger charge is 2.22. The van der Waals surface area contributed by atoms with Crippen LogP contribution in [0.5, 0.6) is 0 Å². The molecule has 0 saturated carbocycles. The number of rotatable bonds is 12. The van der Waals surface area contributed by atoms with Crippen LogP contribution in [-0.4, -0.2) is 29.6 Å². The Kier molecular flexibility index (Phi) is 12.1. The van der Waals surface area contributed by atoms with Crippen molar-refractivity contribution in [2.75, 3.05) is 6.54 Å². The summed E-state index contributed by atoms with van der Waals surface area (Å²) in [5, 5.41) is 10.6. The number of benzene rings is 2. The minimum absolute atomic E-state index is 0.0795. The van der Waals surface area contributed by atoms with Crippen molar-refractivity contribution >= 4 is 18.1 Å². The van der Waals surface area contributed by atoms with Gasteiger partial charge in [0.1, 0.15) is 13.2 Å². The number of unbranched alkanes of at least 4 members (excludes halogenated alkanes) is 6. The summed E-state index contributed by atoms with van der Waals surface area (Å²) in [6.07, 6.45) is 6.09. The van der Waals surface area contributed by atoms with Gasteiger partial charge in [0.25, 0.3) is 0 Å². The zero-order valence-electron chi connectivity index (χ0n) is 19.4. The molecule has 2 N–H and O–H groups in total. The minimum atomic E-state index is -0.788. The molecule has 0 heterocycles. The van der Waals surface area contributed by atoms with Gasteiger partial charge in [-0.3, -0.25) is 10.7 Å². The van der Waals surface area contributed by atoms with Crippen LogP contribution in [0.1, 0.15) is 63.0 Å². The monoisotopic (exact) mass is 453 g/mol. The van der Waals surface area contributed by atoms with Crippen LogP contribution in [0.4, 0.5) is 9.59 Å². The standard InChI is InChI=1S/C26H35N3O4/c1-2-3-4-5-6-7-14-19-29(26(31)33-21-23-17-12-9-13-18-23)24(27)28-25(30)32-20-22-15-10-8-11-16-22/h8-13,15-18H,2-7,14,19-21H2,1H3,(H2,27,28,30). The molecular formula is C26H35N3O4. The molecule has 33 heavy (non-hydrogen) atoms. The van der Waals surface area contributed by atoms with Gasteiger partial charge in [0.05, 0.1) is 0 Å². The lowest BCUT2D eigenvalue weighted by Crippen LogP contribution is -2.47. The maximum absolute atomic E-state index is 12.7. The van der Waals surface area contributed by atoms with Gasteiger partial charge >= 0.3 is 12.2 Å². The molecule has 2 aromatic carbocycles. The van der Waals surface area contributed by atoms with Crippen molar-refractivity contribution in [3.05, 3.63) is 71.8 Å². The van der Waals surface area contributed by atoms with E-state index in [-0.39, 0.29) is 19.2 Å². The summed E-state index contributed by atoms with van der Waals surface area (Å²) in [6.45, 7) is 2.65. The second-order valence-electron chi connectivity index (χ2n) is 7.85. The topological polar surface area (TPSA) is 91.7 Å². The Labute approximate surface area is 196 Å². The number of amides is 2. The first-order valence-corrected chi connectivity index (χ1v) is 11.6. The van der Waals surface area contributed by atoms with Crippen LogP contribution in [-0.2, 0) is 22.7 Å². The van der Waals surface area contributed by atoms with Crippen LogP contribution in [0.15, 0.2) is 60.7 Å². The largest absolute Gasteiger partial charge is 0.444 e. The lowest BCUT2D eigenvalue weighted by molar-refractivity contribution is 0.113. The number of nitrogens with zero attached hydrogens (tertiary/aromatic N) is 1. The average Bonchev–Trinajstić information content (AvgIpc) is 2.84. The van der Waals surface area contributed by atoms with Crippen LogP contribution in [0.2, 0.25) is 0 Å². The van der Waals surface area contributed by atoms with Crippen LogP contribution >= 0.6 is 0 Å². The van der Waals surface area contributed by atoms with Crippen molar-refractivity contribution in [2.45, 2.75) is 65.1 Å². The Morgan fingerprint density at radius 3 is 1.88 bits per heavy atom. The van der Waals surface area contributed by atoms with Crippen molar-refractivity contribution in [2.24, 2.45) is 0 Å². The van der Waals surface area contributed by atoms with Gasteiger partial charge in [-0.25, -0.2) is 14.5 Å². The fraction of sp³-hybridized carbons (Fsp3) is 0.423. The van der Waals surface area contributed by atoms with Crippen molar-refractivity contribution < 1.29 is 19.1 Å². The molecule has 0 fully saturated rings. The summed E-state index contributed by atoms with van der Waals surface area (Å²) in [4.78, 5) is 26.0. The Bertz CT molecular complexity index is 843. The van der Waals surface area contributed by atoms with Gasteiger partial charge < -0.3 is 9.47 Å². The van der Waals surface area contributed by atoms with E-state index in [9.17, 15) is 9.59 Å². The Hall–Kier alpha value is -3.35. The third-order valence-electron chi connectivity index (χ3n) is 5.11. The number of nitrogens with one attached hydrogen (secondary N) is 2. The highest BCUT2D eigenvalue weighted by Crippen LogP contribution is 2.10. The molecule has 0 saturated heterocycles. The van der Waals surface area contributed by atoms with Gasteiger partial charge in [0, 0.05) is 6.54 Å². The molecule has 0 spiro atoms. The van der Waals surface area contributed by atoms with E-state index in [4.69, 9.17) is 14.9 Å². The maximum atomic E-state index is 12.7. The molecule has 0 bridgehead atoms. The van der Waals surface area contributed by atoms with Gasteiger partial charge in [0.15, 0.2) is 0 Å². The Morgan fingerprint density at radius 1 is 0.788 bits per heavy atom. The van der Waals surface area contributed by atoms with E-state index in [1.807, 2.05) is 60.7 Å². The van der Waals surface area contributed by atoms with Crippen molar-refractivity contribution in [3.8, 4) is 0 Å². The molecule has 2 amide bonds. The number of ether oxygens (including phenoxy) is 2. The first-order valence-electron chi connectivity index (χ1n) is 11.6. The van der Waals surface area contributed by atoms with Crippen molar-refractivity contribution in [3.63, 3.8) is 0 Å². The van der Waals surface area contributed by atoms with E-state index in [1.54, 1.807) is 0 Å². The molecule has 0 aromatic heterocycles. The maximum Gasteiger partial charge on any atom is 0.416 e. The van der Waals surface area contributed by atoms with E-state index in [1.165, 1.54) is 19.3 Å². The quantitative estimate of drug-likeness (QED) is 0.226. The van der Waals surface area contributed by atoms with Crippen molar-refractivity contribution in [1.82, 2.24) is 10.2 Å².